The molecule has 0 bridgehead atoms. The highest BCUT2D eigenvalue weighted by molar-refractivity contribution is 7.47. The van der Waals surface area contributed by atoms with Crippen LogP contribution in [0.4, 0.5) is 0 Å². The molecule has 0 aromatic heterocycles. The van der Waals surface area contributed by atoms with Crippen molar-refractivity contribution in [1.29, 1.82) is 0 Å². The molecule has 0 rings (SSSR count). The van der Waals surface area contributed by atoms with Crippen LogP contribution in [0.5, 0.6) is 0 Å². The zero-order valence-electron chi connectivity index (χ0n) is 67.5. The summed E-state index contributed by atoms with van der Waals surface area (Å²) in [6.07, 6.45) is 69.4. The molecule has 3 N–H and O–H groups in total. The lowest BCUT2D eigenvalue weighted by Crippen LogP contribution is -2.30. The average Bonchev–Trinajstić information content (AvgIpc) is 0.949. The molecule has 17 nitrogen and oxygen atoms in total. The topological polar surface area (TPSA) is 237 Å². The standard InChI is InChI=1S/C84H164O17P2/c1-6-9-12-15-18-21-24-26-28-30-31-32-33-34-36-40-45-50-55-60-65-70-84(89)101-80(74-95-82(87)68-63-58-53-48-43-41-37-38-42-46-51-56-61-66-77(4)5)76-99-103(92,93)97-72-78(85)71-96-102(90,91)98-75-79(73-94-81(86)67-62-57-52-47-23-20-17-14-11-8-3)100-83(88)69-64-59-54-49-44-39-35-29-27-25-22-19-16-13-10-7-2/h77-80,85H,6-76H2,1-5H3,(H,90,91)(H,92,93)/t78-,79+,80+/m0/s1. The van der Waals surface area contributed by atoms with Gasteiger partial charge in [-0.15, -0.1) is 0 Å². The van der Waals surface area contributed by atoms with Crippen molar-refractivity contribution in [2.45, 2.75) is 470 Å². The number of phosphoric acid groups is 2. The van der Waals surface area contributed by atoms with Crippen molar-refractivity contribution in [3.63, 3.8) is 0 Å². The number of unbranched alkanes of at least 4 members (excludes halogenated alkanes) is 56. The van der Waals surface area contributed by atoms with E-state index in [9.17, 15) is 43.2 Å². The summed E-state index contributed by atoms with van der Waals surface area (Å²) in [7, 11) is -9.92. The van der Waals surface area contributed by atoms with Crippen LogP contribution < -0.4 is 0 Å². The van der Waals surface area contributed by atoms with Gasteiger partial charge in [-0.3, -0.25) is 37.3 Å². The molecule has 0 aromatic carbocycles. The van der Waals surface area contributed by atoms with Gasteiger partial charge < -0.3 is 33.8 Å². The predicted molar refractivity (Wildman–Crippen MR) is 423 cm³/mol. The van der Waals surface area contributed by atoms with E-state index in [1.807, 2.05) is 0 Å². The van der Waals surface area contributed by atoms with E-state index in [-0.39, 0.29) is 25.7 Å². The fraction of sp³-hybridized carbons (Fsp3) is 0.952. The second-order valence-electron chi connectivity index (χ2n) is 30.7. The summed E-state index contributed by atoms with van der Waals surface area (Å²) in [5, 5.41) is 10.7. The first kappa shape index (κ1) is 101. The molecular weight excluding hydrogens is 1340 g/mol. The molecule has 0 aromatic rings. The summed E-state index contributed by atoms with van der Waals surface area (Å²) in [5.41, 5.74) is 0. The molecule has 0 fully saturated rings. The van der Waals surface area contributed by atoms with E-state index in [0.29, 0.717) is 25.7 Å². The number of esters is 4. The Kier molecular flexibility index (Phi) is 75.4. The van der Waals surface area contributed by atoms with E-state index in [1.165, 1.54) is 276 Å². The van der Waals surface area contributed by atoms with Gasteiger partial charge in [-0.1, -0.05) is 401 Å². The molecule has 0 aliphatic heterocycles. The van der Waals surface area contributed by atoms with Crippen molar-refractivity contribution in [3.05, 3.63) is 0 Å². The van der Waals surface area contributed by atoms with Gasteiger partial charge in [0.15, 0.2) is 12.2 Å². The number of carbonyl (C=O) groups excluding carboxylic acids is 4. The van der Waals surface area contributed by atoms with Crippen LogP contribution in [0.15, 0.2) is 0 Å². The van der Waals surface area contributed by atoms with Gasteiger partial charge >= 0.3 is 39.5 Å². The van der Waals surface area contributed by atoms with E-state index in [1.54, 1.807) is 0 Å². The van der Waals surface area contributed by atoms with Gasteiger partial charge in [0.2, 0.25) is 0 Å². The highest BCUT2D eigenvalue weighted by Crippen LogP contribution is 2.45. The van der Waals surface area contributed by atoms with Crippen LogP contribution in [-0.4, -0.2) is 96.7 Å². The van der Waals surface area contributed by atoms with Gasteiger partial charge in [-0.05, 0) is 31.6 Å². The Morgan fingerprint density at radius 1 is 0.262 bits per heavy atom. The summed E-state index contributed by atoms with van der Waals surface area (Å²) < 4.78 is 68.8. The molecule has 0 saturated heterocycles. The minimum Gasteiger partial charge on any atom is -0.462 e. The second kappa shape index (κ2) is 76.8. The smallest absolute Gasteiger partial charge is 0.462 e. The second-order valence-corrected chi connectivity index (χ2v) is 33.6. The number of ether oxygens (including phenoxy) is 4. The van der Waals surface area contributed by atoms with E-state index in [4.69, 9.17) is 37.0 Å². The first-order chi connectivity index (χ1) is 50.0. The fourth-order valence-electron chi connectivity index (χ4n) is 13.1. The summed E-state index contributed by atoms with van der Waals surface area (Å²) in [6.45, 7) is 7.36. The van der Waals surface area contributed by atoms with Crippen molar-refractivity contribution in [2.24, 2.45) is 5.92 Å². The van der Waals surface area contributed by atoms with E-state index >= 15 is 0 Å². The number of aliphatic hydroxyl groups excluding tert-OH is 1. The van der Waals surface area contributed by atoms with Crippen LogP contribution in [-0.2, 0) is 65.4 Å². The monoisotopic (exact) mass is 1510 g/mol. The maximum absolute atomic E-state index is 13.1. The van der Waals surface area contributed by atoms with Crippen molar-refractivity contribution in [3.8, 4) is 0 Å². The third kappa shape index (κ3) is 78.0. The number of hydrogen-bond acceptors (Lipinski definition) is 15. The summed E-state index contributed by atoms with van der Waals surface area (Å²) in [5.74, 6) is -1.31. The predicted octanol–water partition coefficient (Wildman–Crippen LogP) is 25.6. The maximum atomic E-state index is 13.1. The largest absolute Gasteiger partial charge is 0.472 e. The van der Waals surface area contributed by atoms with Crippen molar-refractivity contribution in [2.75, 3.05) is 39.6 Å². The van der Waals surface area contributed by atoms with Gasteiger partial charge in [0.05, 0.1) is 26.4 Å². The molecular formula is C84H164O17P2. The van der Waals surface area contributed by atoms with E-state index < -0.39 is 97.5 Å². The lowest BCUT2D eigenvalue weighted by molar-refractivity contribution is -0.161. The van der Waals surface area contributed by atoms with Crippen molar-refractivity contribution >= 4 is 39.5 Å². The molecule has 2 unspecified atom stereocenters. The molecule has 0 amide bonds. The van der Waals surface area contributed by atoms with E-state index in [0.717, 1.165) is 95.8 Å². The quantitative estimate of drug-likeness (QED) is 0.0222. The zero-order valence-corrected chi connectivity index (χ0v) is 69.3. The molecule has 612 valence electrons. The molecule has 5 atom stereocenters. The molecule has 19 heteroatoms. The zero-order chi connectivity index (χ0) is 75.5. The minimum atomic E-state index is -4.96. The Morgan fingerprint density at radius 3 is 0.660 bits per heavy atom. The van der Waals surface area contributed by atoms with Crippen LogP contribution in [0.1, 0.15) is 452 Å². The van der Waals surface area contributed by atoms with E-state index in [2.05, 4.69) is 34.6 Å². The van der Waals surface area contributed by atoms with Crippen LogP contribution >= 0.6 is 15.6 Å². The van der Waals surface area contributed by atoms with Crippen molar-refractivity contribution < 1.29 is 80.2 Å². The molecule has 0 saturated carbocycles. The molecule has 0 aliphatic carbocycles. The lowest BCUT2D eigenvalue weighted by Gasteiger charge is -2.21. The first-order valence-corrected chi connectivity index (χ1v) is 46.6. The van der Waals surface area contributed by atoms with Crippen LogP contribution in [0.2, 0.25) is 0 Å². The number of hydrogen-bond donors (Lipinski definition) is 3. The molecule has 0 radical (unpaired) electrons. The first-order valence-electron chi connectivity index (χ1n) is 43.6. The number of carbonyl (C=O) groups is 4. The van der Waals surface area contributed by atoms with Gasteiger partial charge in [-0.25, -0.2) is 9.13 Å². The average molecular weight is 1510 g/mol. The Labute approximate surface area is 632 Å². The highest BCUT2D eigenvalue weighted by Gasteiger charge is 2.30. The third-order valence-corrected chi connectivity index (χ3v) is 21.7. The molecule has 0 spiro atoms. The SMILES string of the molecule is CCCCCCCCCCCCCCCCCCCCCCCC(=O)O[C@H](COC(=O)CCCCCCCCCCCCCCCC(C)C)COP(=O)(O)OC[C@@H](O)COP(=O)(O)OC[C@@H](COC(=O)CCCCCCCCCCCC)OC(=O)CCCCCCCCCCCCCCCCCC. The Morgan fingerprint density at radius 2 is 0.447 bits per heavy atom. The van der Waals surface area contributed by atoms with Crippen molar-refractivity contribution in [1.82, 2.24) is 0 Å². The van der Waals surface area contributed by atoms with Gasteiger partial charge in [0, 0.05) is 25.7 Å². The number of phosphoric ester groups is 2. The minimum absolute atomic E-state index is 0.109. The van der Waals surface area contributed by atoms with Gasteiger partial charge in [0.1, 0.15) is 19.3 Å². The molecule has 103 heavy (non-hydrogen) atoms. The summed E-state index contributed by atoms with van der Waals surface area (Å²) in [4.78, 5) is 73.1. The number of rotatable bonds is 84. The number of aliphatic hydroxyl groups is 1. The Balaban J connectivity index is 5.22. The van der Waals surface area contributed by atoms with Gasteiger partial charge in [0.25, 0.3) is 0 Å². The lowest BCUT2D eigenvalue weighted by atomic mass is 10.0. The summed E-state index contributed by atoms with van der Waals surface area (Å²) >= 11 is 0. The normalized spacial score (nSPS) is 13.8. The van der Waals surface area contributed by atoms with Gasteiger partial charge in [-0.2, -0.15) is 0 Å². The fourth-order valence-corrected chi connectivity index (χ4v) is 14.7. The Bertz CT molecular complexity index is 1960. The van der Waals surface area contributed by atoms with Crippen LogP contribution in [0.3, 0.4) is 0 Å². The molecule has 0 aliphatic rings. The summed E-state index contributed by atoms with van der Waals surface area (Å²) in [6, 6.07) is 0. The Hall–Kier alpha value is -1.94. The maximum Gasteiger partial charge on any atom is 0.472 e. The third-order valence-electron chi connectivity index (χ3n) is 19.8. The van der Waals surface area contributed by atoms with Crippen LogP contribution in [0.25, 0.3) is 0 Å². The van der Waals surface area contributed by atoms with Crippen LogP contribution in [0, 0.1) is 5.92 Å². The highest BCUT2D eigenvalue weighted by atomic mass is 31.2. The molecule has 0 heterocycles.